The Kier molecular flexibility index (Phi) is 17.7. The van der Waals surface area contributed by atoms with E-state index in [2.05, 4.69) is 0 Å². The van der Waals surface area contributed by atoms with Gasteiger partial charge in [-0.1, -0.05) is 58.9 Å². The Hall–Kier alpha value is -3.08. The number of alkyl halides is 17. The SMILES string of the molecule is CCOC(=O)/C=C(C)/C=C/C[C@H](C)[C@H](O)c1ccc(OCCO[Si](CCC(F)(F)C(F)(F)C(F)(F)C(F)(F)C(F)(F)C(F)(F)C(F)(F)C(F)(F)F)(C(C)C)C(C)C)cc1. The van der Waals surface area contributed by atoms with Crippen molar-refractivity contribution in [3.8, 4) is 5.75 Å². The number of hydrogen-bond acceptors (Lipinski definition) is 5. The van der Waals surface area contributed by atoms with E-state index >= 15 is 0 Å². The summed E-state index contributed by atoms with van der Waals surface area (Å²) in [6, 6.07) is 4.59. The second-order valence-electron chi connectivity index (χ2n) is 14.4. The van der Waals surface area contributed by atoms with Gasteiger partial charge in [0, 0.05) is 12.5 Å². The van der Waals surface area contributed by atoms with Crippen molar-refractivity contribution in [1.82, 2.24) is 0 Å². The molecule has 342 valence electrons. The van der Waals surface area contributed by atoms with E-state index in [-0.39, 0.29) is 24.9 Å². The molecule has 0 spiro atoms. The van der Waals surface area contributed by atoms with E-state index in [1.54, 1.807) is 32.9 Å². The van der Waals surface area contributed by atoms with Crippen molar-refractivity contribution >= 4 is 14.3 Å². The molecule has 1 aromatic carbocycles. The minimum Gasteiger partial charge on any atom is -0.491 e. The predicted molar refractivity (Wildman–Crippen MR) is 182 cm³/mol. The monoisotopic (exact) mass is 908 g/mol. The van der Waals surface area contributed by atoms with Gasteiger partial charge < -0.3 is 19.0 Å². The number of benzene rings is 1. The second-order valence-corrected chi connectivity index (χ2v) is 19.4. The Morgan fingerprint density at radius 1 is 0.712 bits per heavy atom. The summed E-state index contributed by atoms with van der Waals surface area (Å²) >= 11 is 0. The van der Waals surface area contributed by atoms with Gasteiger partial charge in [0.25, 0.3) is 0 Å². The van der Waals surface area contributed by atoms with Gasteiger partial charge in [-0.15, -0.1) is 0 Å². The standard InChI is InChI=1S/C36H45F17O5Si/c1-8-56-27(54)20-23(6)10-9-11-24(7)28(55)25-12-14-26(15-13-25)57-17-18-58-59(21(2)3,22(4)5)19-16-29(37,38)30(39,40)31(41,42)32(43,44)33(45,46)34(47,48)35(49,50)36(51,52)53/h9-10,12-15,20-22,24,28,55H,8,11,16-19H2,1-7H3/b10-9+,23-20+/t24-,28-/m0/s1. The second kappa shape index (κ2) is 19.3. The Morgan fingerprint density at radius 2 is 1.17 bits per heavy atom. The van der Waals surface area contributed by atoms with Crippen molar-refractivity contribution in [2.75, 3.05) is 19.8 Å². The van der Waals surface area contributed by atoms with Crippen molar-refractivity contribution in [2.24, 2.45) is 5.92 Å². The van der Waals surface area contributed by atoms with Crippen LogP contribution in [0.4, 0.5) is 74.6 Å². The molecule has 0 saturated heterocycles. The van der Waals surface area contributed by atoms with Gasteiger partial charge in [-0.3, -0.25) is 0 Å². The van der Waals surface area contributed by atoms with Crippen LogP contribution < -0.4 is 4.74 Å². The van der Waals surface area contributed by atoms with Gasteiger partial charge in [0.05, 0.1) is 19.3 Å². The van der Waals surface area contributed by atoms with E-state index in [1.165, 1.54) is 58.0 Å². The van der Waals surface area contributed by atoms with Gasteiger partial charge >= 0.3 is 53.6 Å². The van der Waals surface area contributed by atoms with Gasteiger partial charge in [-0.25, -0.2) is 4.79 Å². The topological polar surface area (TPSA) is 65.0 Å². The van der Waals surface area contributed by atoms with Crippen LogP contribution in [0, 0.1) is 5.92 Å². The first-order valence-corrected chi connectivity index (χ1v) is 20.0. The molecule has 0 fully saturated rings. The molecule has 0 amide bonds. The van der Waals surface area contributed by atoms with E-state index in [0.29, 0.717) is 17.6 Å². The number of aliphatic hydroxyl groups excluding tert-OH is 1. The van der Waals surface area contributed by atoms with E-state index in [1.807, 2.05) is 0 Å². The predicted octanol–water partition coefficient (Wildman–Crippen LogP) is 12.4. The number of carbonyl (C=O) groups excluding carboxylic acids is 1. The van der Waals surface area contributed by atoms with Gasteiger partial charge in [-0.2, -0.15) is 74.6 Å². The molecule has 1 aromatic rings. The molecule has 0 aliphatic heterocycles. The number of rotatable bonds is 23. The van der Waals surface area contributed by atoms with Gasteiger partial charge in [0.2, 0.25) is 0 Å². The Bertz CT molecular complexity index is 1570. The van der Waals surface area contributed by atoms with Crippen LogP contribution in [0.15, 0.2) is 48.1 Å². The molecule has 0 unspecified atom stereocenters. The Labute approximate surface area is 330 Å². The summed E-state index contributed by atoms with van der Waals surface area (Å²) < 4.78 is 251. The first kappa shape index (κ1) is 53.9. The lowest BCUT2D eigenvalue weighted by molar-refractivity contribution is -0.461. The maximum Gasteiger partial charge on any atom is 0.460 e. The molecule has 0 bridgehead atoms. The maximum atomic E-state index is 14.9. The third kappa shape index (κ3) is 11.1. The first-order valence-electron chi connectivity index (χ1n) is 17.7. The zero-order chi connectivity index (χ0) is 46.4. The van der Waals surface area contributed by atoms with Gasteiger partial charge in [-0.05, 0) is 66.6 Å². The van der Waals surface area contributed by atoms with Crippen molar-refractivity contribution in [3.63, 3.8) is 0 Å². The number of halogens is 17. The average Bonchev–Trinajstić information content (AvgIpc) is 3.09. The fraction of sp³-hybridized carbons (Fsp3) is 0.694. The molecular weight excluding hydrogens is 863 g/mol. The van der Waals surface area contributed by atoms with Crippen molar-refractivity contribution in [2.45, 2.75) is 132 Å². The summed E-state index contributed by atoms with van der Waals surface area (Å²) in [5.41, 5.74) is -0.613. The average molecular weight is 909 g/mol. The lowest BCUT2D eigenvalue weighted by Crippen LogP contribution is -2.74. The molecule has 0 heterocycles. The summed E-state index contributed by atoms with van der Waals surface area (Å²) in [6.07, 6.45) is -6.19. The molecular formula is C36H45F17O5Si. The van der Waals surface area contributed by atoms with Crippen molar-refractivity contribution in [1.29, 1.82) is 0 Å². The number of ether oxygens (including phenoxy) is 2. The van der Waals surface area contributed by atoms with E-state index in [4.69, 9.17) is 13.9 Å². The molecule has 0 radical (unpaired) electrons. The van der Waals surface area contributed by atoms with Crippen LogP contribution in [0.3, 0.4) is 0 Å². The molecule has 0 saturated carbocycles. The van der Waals surface area contributed by atoms with Crippen molar-refractivity contribution in [3.05, 3.63) is 53.6 Å². The quantitative estimate of drug-likeness (QED) is 0.0296. The number of aliphatic hydroxyl groups is 1. The Morgan fingerprint density at radius 3 is 1.61 bits per heavy atom. The highest BCUT2D eigenvalue weighted by molar-refractivity contribution is 6.76. The molecule has 0 aromatic heterocycles. The minimum absolute atomic E-state index is 0.183. The zero-order valence-electron chi connectivity index (χ0n) is 32.6. The molecule has 0 aliphatic rings. The highest BCUT2D eigenvalue weighted by Gasteiger charge is 2.95. The summed E-state index contributed by atoms with van der Waals surface area (Å²) in [7, 11) is -3.94. The maximum absolute atomic E-state index is 14.9. The van der Waals surface area contributed by atoms with Crippen LogP contribution in [0.1, 0.15) is 73.0 Å². The largest absolute Gasteiger partial charge is 0.491 e. The Balaban J connectivity index is 3.14. The lowest BCUT2D eigenvalue weighted by atomic mass is 9.88. The van der Waals surface area contributed by atoms with E-state index in [9.17, 15) is 84.5 Å². The molecule has 0 aliphatic carbocycles. The third-order valence-electron chi connectivity index (χ3n) is 9.58. The highest BCUT2D eigenvalue weighted by atomic mass is 28.4. The number of esters is 1. The molecule has 1 N–H and O–H groups in total. The molecule has 59 heavy (non-hydrogen) atoms. The van der Waals surface area contributed by atoms with Crippen LogP contribution in [-0.2, 0) is 14.0 Å². The van der Waals surface area contributed by atoms with E-state index in [0.717, 1.165) is 0 Å². The van der Waals surface area contributed by atoms with E-state index < -0.39 is 98.2 Å². The molecule has 2 atom stereocenters. The summed E-state index contributed by atoms with van der Waals surface area (Å²) in [4.78, 5) is 11.5. The van der Waals surface area contributed by atoms with Crippen LogP contribution in [0.25, 0.3) is 0 Å². The van der Waals surface area contributed by atoms with Crippen molar-refractivity contribution < 1.29 is 98.4 Å². The smallest absolute Gasteiger partial charge is 0.460 e. The zero-order valence-corrected chi connectivity index (χ0v) is 33.6. The van der Waals surface area contributed by atoms with Crippen LogP contribution in [0.2, 0.25) is 17.1 Å². The normalized spacial score (nSPS) is 15.9. The number of carbonyl (C=O) groups is 1. The number of allylic oxidation sites excluding steroid dienone is 3. The number of hydrogen-bond donors (Lipinski definition) is 1. The first-order chi connectivity index (χ1) is 26.5. The fourth-order valence-electron chi connectivity index (χ4n) is 5.85. The highest BCUT2D eigenvalue weighted by Crippen LogP contribution is 2.64. The molecule has 1 rings (SSSR count). The minimum atomic E-state index is -8.68. The lowest BCUT2D eigenvalue weighted by Gasteiger charge is -2.44. The summed E-state index contributed by atoms with van der Waals surface area (Å²) in [5.74, 6) is -57.3. The molecule has 5 nitrogen and oxygen atoms in total. The fourth-order valence-corrected chi connectivity index (χ4v) is 10.3. The summed E-state index contributed by atoms with van der Waals surface area (Å²) in [5, 5.41) is 10.7. The summed E-state index contributed by atoms with van der Waals surface area (Å²) in [6.45, 7) is 9.79. The van der Waals surface area contributed by atoms with Gasteiger partial charge in [0.15, 0.2) is 8.32 Å². The molecule has 23 heteroatoms. The van der Waals surface area contributed by atoms with Crippen LogP contribution >= 0.6 is 0 Å². The third-order valence-corrected chi connectivity index (χ3v) is 15.3. The van der Waals surface area contributed by atoms with Crippen LogP contribution in [0.5, 0.6) is 5.75 Å². The van der Waals surface area contributed by atoms with Gasteiger partial charge in [0.1, 0.15) is 12.4 Å². The van der Waals surface area contributed by atoms with Crippen LogP contribution in [-0.4, -0.2) is 86.8 Å².